The first-order valence-corrected chi connectivity index (χ1v) is 3.79. The van der Waals surface area contributed by atoms with Crippen molar-refractivity contribution in [3.05, 3.63) is 24.3 Å². The van der Waals surface area contributed by atoms with E-state index in [4.69, 9.17) is 14.9 Å². The number of hydrogen-bond donors (Lipinski definition) is 2. The highest BCUT2D eigenvalue weighted by Crippen LogP contribution is 2.18. The first kappa shape index (κ1) is 8.87. The van der Waals surface area contributed by atoms with Gasteiger partial charge >= 0.3 is 0 Å². The number of aliphatic hydroxyl groups excluding tert-OH is 1. The number of hydrogen-bond acceptors (Lipinski definition) is 3. The highest BCUT2D eigenvalue weighted by Gasteiger charge is 2.01. The predicted molar refractivity (Wildman–Crippen MR) is 45.3 cm³/mol. The molecule has 3 heteroatoms. The molecule has 0 heterocycles. The van der Waals surface area contributed by atoms with Gasteiger partial charge in [0.2, 0.25) is 0 Å². The largest absolute Gasteiger partial charge is 0.508 e. The van der Waals surface area contributed by atoms with E-state index in [1.807, 2.05) is 0 Å². The van der Waals surface area contributed by atoms with Gasteiger partial charge in [0.15, 0.2) is 0 Å². The predicted octanol–water partition coefficient (Wildman–Crippen LogP) is 1.15. The normalized spacial score (nSPS) is 12.5. The fourth-order valence-corrected chi connectivity index (χ4v) is 0.826. The van der Waals surface area contributed by atoms with Crippen molar-refractivity contribution >= 4 is 0 Å². The van der Waals surface area contributed by atoms with E-state index in [0.717, 1.165) is 0 Å². The van der Waals surface area contributed by atoms with Crippen molar-refractivity contribution in [3.63, 3.8) is 0 Å². The maximum absolute atomic E-state index is 9.06. The van der Waals surface area contributed by atoms with Gasteiger partial charge in [0.05, 0.1) is 6.61 Å². The lowest BCUT2D eigenvalue weighted by molar-refractivity contribution is 0.129. The van der Waals surface area contributed by atoms with Crippen LogP contribution in [0.25, 0.3) is 0 Å². The molecule has 0 saturated heterocycles. The van der Waals surface area contributed by atoms with Gasteiger partial charge in [-0.3, -0.25) is 0 Å². The lowest BCUT2D eigenvalue weighted by Gasteiger charge is -2.11. The van der Waals surface area contributed by atoms with Crippen LogP contribution >= 0.6 is 0 Å². The monoisotopic (exact) mass is 168 g/mol. The number of phenols is 1. The van der Waals surface area contributed by atoms with Crippen molar-refractivity contribution in [2.75, 3.05) is 6.61 Å². The van der Waals surface area contributed by atoms with Gasteiger partial charge in [-0.2, -0.15) is 0 Å². The summed E-state index contributed by atoms with van der Waals surface area (Å²) in [6.07, 6.45) is -0.244. The molecule has 12 heavy (non-hydrogen) atoms. The van der Waals surface area contributed by atoms with Gasteiger partial charge in [-0.15, -0.1) is 0 Å². The number of aromatic hydroxyl groups is 1. The second-order valence-electron chi connectivity index (χ2n) is 2.61. The zero-order chi connectivity index (χ0) is 8.97. The summed E-state index contributed by atoms with van der Waals surface area (Å²) in [6, 6.07) is 6.49. The van der Waals surface area contributed by atoms with Crippen molar-refractivity contribution in [2.24, 2.45) is 0 Å². The maximum Gasteiger partial charge on any atom is 0.123 e. The Kier molecular flexibility index (Phi) is 2.94. The zero-order valence-corrected chi connectivity index (χ0v) is 6.90. The Bertz CT molecular complexity index is 247. The summed E-state index contributed by atoms with van der Waals surface area (Å²) in [4.78, 5) is 0. The topological polar surface area (TPSA) is 49.7 Å². The van der Waals surface area contributed by atoms with E-state index in [9.17, 15) is 0 Å². The molecule has 0 aromatic heterocycles. The summed E-state index contributed by atoms with van der Waals surface area (Å²) in [7, 11) is 0. The third-order valence-corrected chi connectivity index (χ3v) is 1.41. The van der Waals surface area contributed by atoms with E-state index in [2.05, 4.69) is 0 Å². The van der Waals surface area contributed by atoms with E-state index in [1.165, 1.54) is 6.07 Å². The van der Waals surface area contributed by atoms with Crippen LogP contribution < -0.4 is 4.74 Å². The highest BCUT2D eigenvalue weighted by molar-refractivity contribution is 5.31. The molecule has 0 bridgehead atoms. The molecule has 1 atom stereocenters. The summed E-state index contributed by atoms with van der Waals surface area (Å²) in [5.41, 5.74) is 0. The summed E-state index contributed by atoms with van der Waals surface area (Å²) in [5, 5.41) is 17.7. The molecule has 0 saturated carbocycles. The maximum atomic E-state index is 9.06. The third-order valence-electron chi connectivity index (χ3n) is 1.41. The number of rotatable bonds is 3. The molecule has 2 N–H and O–H groups in total. The number of phenolic OH excluding ortho intramolecular Hbond substituents is 1. The average Bonchev–Trinajstić information content (AvgIpc) is 2.04. The summed E-state index contributed by atoms with van der Waals surface area (Å²) >= 11 is 0. The van der Waals surface area contributed by atoms with Gasteiger partial charge in [-0.25, -0.2) is 0 Å². The van der Waals surface area contributed by atoms with Crippen molar-refractivity contribution < 1.29 is 14.9 Å². The lowest BCUT2D eigenvalue weighted by atomic mass is 10.3. The molecule has 0 fully saturated rings. The minimum absolute atomic E-state index is 0.0321. The molecule has 0 aliphatic carbocycles. The van der Waals surface area contributed by atoms with E-state index in [0.29, 0.717) is 5.75 Å². The first-order valence-electron chi connectivity index (χ1n) is 3.79. The fraction of sp³-hybridized carbons (Fsp3) is 0.333. The van der Waals surface area contributed by atoms with Gasteiger partial charge in [0, 0.05) is 6.07 Å². The van der Waals surface area contributed by atoms with Crippen LogP contribution in [0.5, 0.6) is 11.5 Å². The van der Waals surface area contributed by atoms with Gasteiger partial charge in [-0.05, 0) is 19.1 Å². The Labute approximate surface area is 71.2 Å². The van der Waals surface area contributed by atoms with Crippen LogP contribution in [0.1, 0.15) is 6.92 Å². The molecule has 0 aliphatic rings. The Morgan fingerprint density at radius 3 is 2.83 bits per heavy atom. The molecular formula is C9H12O3. The van der Waals surface area contributed by atoms with Crippen molar-refractivity contribution in [3.8, 4) is 11.5 Å². The molecule has 1 aromatic carbocycles. The third kappa shape index (κ3) is 2.43. The Morgan fingerprint density at radius 1 is 1.50 bits per heavy atom. The van der Waals surface area contributed by atoms with Crippen LogP contribution in [0.2, 0.25) is 0 Å². The van der Waals surface area contributed by atoms with Crippen molar-refractivity contribution in [1.82, 2.24) is 0 Å². The van der Waals surface area contributed by atoms with Crippen molar-refractivity contribution in [1.29, 1.82) is 0 Å². The lowest BCUT2D eigenvalue weighted by Crippen LogP contribution is -2.15. The number of benzene rings is 1. The van der Waals surface area contributed by atoms with Gasteiger partial charge in [-0.1, -0.05) is 6.07 Å². The second kappa shape index (κ2) is 3.97. The Morgan fingerprint density at radius 2 is 2.25 bits per heavy atom. The average molecular weight is 168 g/mol. The van der Waals surface area contributed by atoms with Crippen LogP contribution in [0.4, 0.5) is 0 Å². The van der Waals surface area contributed by atoms with E-state index in [1.54, 1.807) is 25.1 Å². The first-order chi connectivity index (χ1) is 5.72. The molecule has 1 aromatic rings. The van der Waals surface area contributed by atoms with Gasteiger partial charge < -0.3 is 14.9 Å². The van der Waals surface area contributed by atoms with Crippen LogP contribution in [-0.2, 0) is 0 Å². The zero-order valence-electron chi connectivity index (χ0n) is 6.90. The fourth-order valence-electron chi connectivity index (χ4n) is 0.826. The molecule has 0 aliphatic heterocycles. The molecule has 66 valence electrons. The summed E-state index contributed by atoms with van der Waals surface area (Å²) in [5.74, 6) is 0.731. The number of aliphatic hydroxyl groups is 1. The van der Waals surface area contributed by atoms with Crippen LogP contribution in [-0.4, -0.2) is 22.9 Å². The quantitative estimate of drug-likeness (QED) is 0.711. The van der Waals surface area contributed by atoms with Crippen LogP contribution in [0.3, 0.4) is 0 Å². The van der Waals surface area contributed by atoms with Gasteiger partial charge in [0.1, 0.15) is 17.6 Å². The van der Waals surface area contributed by atoms with E-state index < -0.39 is 0 Å². The molecule has 0 unspecified atom stereocenters. The Balaban J connectivity index is 2.63. The van der Waals surface area contributed by atoms with E-state index >= 15 is 0 Å². The molecule has 0 spiro atoms. The second-order valence-corrected chi connectivity index (χ2v) is 2.61. The molecule has 3 nitrogen and oxygen atoms in total. The molecule has 0 amide bonds. The SMILES string of the molecule is C[C@H](CO)Oc1cccc(O)c1. The van der Waals surface area contributed by atoms with Crippen LogP contribution in [0.15, 0.2) is 24.3 Å². The summed E-state index contributed by atoms with van der Waals surface area (Å²) < 4.78 is 5.23. The smallest absolute Gasteiger partial charge is 0.123 e. The summed E-state index contributed by atoms with van der Waals surface area (Å²) in [6.45, 7) is 1.72. The highest BCUT2D eigenvalue weighted by atomic mass is 16.5. The van der Waals surface area contributed by atoms with Crippen molar-refractivity contribution in [2.45, 2.75) is 13.0 Å². The minimum Gasteiger partial charge on any atom is -0.508 e. The molecule has 0 radical (unpaired) electrons. The van der Waals surface area contributed by atoms with E-state index in [-0.39, 0.29) is 18.5 Å². The number of ether oxygens (including phenoxy) is 1. The Hall–Kier alpha value is -1.22. The van der Waals surface area contributed by atoms with Gasteiger partial charge in [0.25, 0.3) is 0 Å². The minimum atomic E-state index is -0.244. The standard InChI is InChI=1S/C9H12O3/c1-7(6-10)12-9-4-2-3-8(11)5-9/h2-5,7,10-11H,6H2,1H3/t7-/m1/s1. The van der Waals surface area contributed by atoms with Crippen LogP contribution in [0, 0.1) is 0 Å². The molecular weight excluding hydrogens is 156 g/mol. The molecule has 1 rings (SSSR count).